The van der Waals surface area contributed by atoms with Gasteiger partial charge in [-0.3, -0.25) is 0 Å². The van der Waals surface area contributed by atoms with Gasteiger partial charge in [0.1, 0.15) is 5.60 Å². The molecule has 25 heavy (non-hydrogen) atoms. The van der Waals surface area contributed by atoms with E-state index in [0.717, 1.165) is 44.5 Å². The summed E-state index contributed by atoms with van der Waals surface area (Å²) >= 11 is 5.75. The van der Waals surface area contributed by atoms with Crippen LogP contribution < -0.4 is 0 Å². The number of carbonyl (C=O) groups excluding carboxylic acids is 1. The Bertz CT molecular complexity index is 563. The highest BCUT2D eigenvalue weighted by atomic mass is 35.5. The number of aromatic nitrogens is 2. The van der Waals surface area contributed by atoms with Gasteiger partial charge in [0.05, 0.1) is 12.3 Å². The largest absolute Gasteiger partial charge is 0.444 e. The molecule has 0 aromatic carbocycles. The van der Waals surface area contributed by atoms with Crippen molar-refractivity contribution >= 4 is 17.7 Å². The molecule has 1 atom stereocenters. The number of ether oxygens (including phenoxy) is 2. The first kappa shape index (κ1) is 19.9. The Morgan fingerprint density at radius 3 is 2.96 bits per heavy atom. The fraction of sp³-hybridized carbons (Fsp3) is 0.722. The molecule has 1 aromatic rings. The van der Waals surface area contributed by atoms with Crippen molar-refractivity contribution in [3.8, 4) is 0 Å². The van der Waals surface area contributed by atoms with Gasteiger partial charge in [-0.05, 0) is 70.0 Å². The van der Waals surface area contributed by atoms with E-state index in [9.17, 15) is 4.79 Å². The summed E-state index contributed by atoms with van der Waals surface area (Å²) in [6.07, 6.45) is 5.62. The van der Waals surface area contributed by atoms with E-state index in [1.54, 1.807) is 12.3 Å². The smallest absolute Gasteiger partial charge is 0.410 e. The molecule has 2 rings (SSSR count). The molecular formula is C18H28ClN3O3. The SMILES string of the molecule is CC(C)(C)OC(=O)N1CCC[C@H](CCCOCc2ccnc(Cl)n2)C1. The van der Waals surface area contributed by atoms with Gasteiger partial charge in [-0.25, -0.2) is 14.8 Å². The number of hydrogen-bond donors (Lipinski definition) is 0. The first-order valence-electron chi connectivity index (χ1n) is 8.86. The number of piperidine rings is 1. The molecule has 6 nitrogen and oxygen atoms in total. The predicted octanol–water partition coefficient (Wildman–Crippen LogP) is 4.07. The average Bonchev–Trinajstić information content (AvgIpc) is 2.53. The molecule has 0 radical (unpaired) electrons. The van der Waals surface area contributed by atoms with E-state index in [-0.39, 0.29) is 11.4 Å². The van der Waals surface area contributed by atoms with E-state index >= 15 is 0 Å². The van der Waals surface area contributed by atoms with Crippen LogP contribution >= 0.6 is 11.6 Å². The summed E-state index contributed by atoms with van der Waals surface area (Å²) in [5, 5.41) is 0.241. The standard InChI is InChI=1S/C18H28ClN3O3/c1-18(2,3)25-17(23)22-10-4-6-14(12-22)7-5-11-24-13-15-8-9-20-16(19)21-15/h8-9,14H,4-7,10-13H2,1-3H3/t14-/m1/s1. The van der Waals surface area contributed by atoms with Crippen LogP contribution in [0.5, 0.6) is 0 Å². The number of nitrogens with zero attached hydrogens (tertiary/aromatic N) is 3. The van der Waals surface area contributed by atoms with Crippen molar-refractivity contribution in [3.05, 3.63) is 23.2 Å². The maximum Gasteiger partial charge on any atom is 0.410 e. The molecule has 0 aliphatic carbocycles. The van der Waals surface area contributed by atoms with Crippen molar-refractivity contribution in [2.75, 3.05) is 19.7 Å². The summed E-state index contributed by atoms with van der Waals surface area (Å²) in [7, 11) is 0. The van der Waals surface area contributed by atoms with E-state index in [0.29, 0.717) is 19.1 Å². The molecule has 7 heteroatoms. The zero-order chi connectivity index (χ0) is 18.3. The van der Waals surface area contributed by atoms with Gasteiger partial charge in [0.15, 0.2) is 0 Å². The molecular weight excluding hydrogens is 342 g/mol. The maximum atomic E-state index is 12.2. The molecule has 1 aromatic heterocycles. The first-order valence-corrected chi connectivity index (χ1v) is 9.24. The fourth-order valence-electron chi connectivity index (χ4n) is 2.89. The molecule has 1 amide bonds. The minimum atomic E-state index is -0.443. The molecule has 0 saturated carbocycles. The predicted molar refractivity (Wildman–Crippen MR) is 96.5 cm³/mol. The Hall–Kier alpha value is -1.40. The topological polar surface area (TPSA) is 64.5 Å². The summed E-state index contributed by atoms with van der Waals surface area (Å²) in [5.74, 6) is 0.512. The van der Waals surface area contributed by atoms with Crippen LogP contribution in [0.2, 0.25) is 5.28 Å². The average molecular weight is 370 g/mol. The van der Waals surface area contributed by atoms with Gasteiger partial charge >= 0.3 is 6.09 Å². The molecule has 140 valence electrons. The van der Waals surface area contributed by atoms with Crippen LogP contribution in [0, 0.1) is 5.92 Å². The van der Waals surface area contributed by atoms with Gasteiger partial charge in [-0.1, -0.05) is 0 Å². The third-order valence-corrected chi connectivity index (χ3v) is 4.19. The number of halogens is 1. The lowest BCUT2D eigenvalue weighted by Crippen LogP contribution is -2.42. The normalized spacial score (nSPS) is 18.2. The molecule has 2 heterocycles. The zero-order valence-corrected chi connectivity index (χ0v) is 16.1. The Labute approximate surface area is 154 Å². The van der Waals surface area contributed by atoms with E-state index in [4.69, 9.17) is 21.1 Å². The van der Waals surface area contributed by atoms with Crippen molar-refractivity contribution in [2.24, 2.45) is 5.92 Å². The highest BCUT2D eigenvalue weighted by molar-refractivity contribution is 6.28. The van der Waals surface area contributed by atoms with Gasteiger partial charge in [0.25, 0.3) is 0 Å². The maximum absolute atomic E-state index is 12.2. The van der Waals surface area contributed by atoms with E-state index in [1.165, 1.54) is 0 Å². The van der Waals surface area contributed by atoms with Gasteiger partial charge in [-0.15, -0.1) is 0 Å². The zero-order valence-electron chi connectivity index (χ0n) is 15.3. The van der Waals surface area contributed by atoms with Crippen LogP contribution in [0.25, 0.3) is 0 Å². The highest BCUT2D eigenvalue weighted by Gasteiger charge is 2.27. The molecule has 1 aliphatic rings. The van der Waals surface area contributed by atoms with Crippen LogP contribution in [0.15, 0.2) is 12.3 Å². The number of amides is 1. The third kappa shape index (κ3) is 7.57. The Morgan fingerprint density at radius 2 is 2.24 bits per heavy atom. The number of carbonyl (C=O) groups is 1. The molecule has 1 saturated heterocycles. The van der Waals surface area contributed by atoms with Gasteiger partial charge in [0, 0.05) is 25.9 Å². The molecule has 1 fully saturated rings. The summed E-state index contributed by atoms with van der Waals surface area (Å²) in [6, 6.07) is 1.80. The highest BCUT2D eigenvalue weighted by Crippen LogP contribution is 2.22. The lowest BCUT2D eigenvalue weighted by atomic mass is 9.94. The third-order valence-electron chi connectivity index (χ3n) is 4.01. The van der Waals surface area contributed by atoms with E-state index < -0.39 is 5.60 Å². The van der Waals surface area contributed by atoms with Crippen molar-refractivity contribution in [3.63, 3.8) is 0 Å². The van der Waals surface area contributed by atoms with Crippen LogP contribution in [-0.4, -0.2) is 46.3 Å². The fourth-order valence-corrected chi connectivity index (χ4v) is 3.06. The van der Waals surface area contributed by atoms with Crippen LogP contribution in [0.1, 0.15) is 52.1 Å². The Balaban J connectivity index is 1.64. The van der Waals surface area contributed by atoms with E-state index in [2.05, 4.69) is 9.97 Å². The molecule has 0 spiro atoms. The van der Waals surface area contributed by atoms with E-state index in [1.807, 2.05) is 25.7 Å². The summed E-state index contributed by atoms with van der Waals surface area (Å²) in [5.41, 5.74) is 0.343. The van der Waals surface area contributed by atoms with Gasteiger partial charge in [0.2, 0.25) is 5.28 Å². The minimum absolute atomic E-state index is 0.200. The molecule has 0 bridgehead atoms. The molecule has 1 aliphatic heterocycles. The molecule has 0 N–H and O–H groups in total. The van der Waals surface area contributed by atoms with Crippen LogP contribution in [-0.2, 0) is 16.1 Å². The quantitative estimate of drug-likeness (QED) is 0.558. The second-order valence-corrected chi connectivity index (χ2v) is 7.78. The number of rotatable bonds is 6. The number of hydrogen-bond acceptors (Lipinski definition) is 5. The summed E-state index contributed by atoms with van der Waals surface area (Å²) in [6.45, 7) is 8.37. The second-order valence-electron chi connectivity index (χ2n) is 7.45. The van der Waals surface area contributed by atoms with Crippen molar-refractivity contribution in [1.29, 1.82) is 0 Å². The second kappa shape index (κ2) is 9.34. The lowest BCUT2D eigenvalue weighted by molar-refractivity contribution is 0.0155. The van der Waals surface area contributed by atoms with Crippen molar-refractivity contribution in [2.45, 2.75) is 58.7 Å². The van der Waals surface area contributed by atoms with Gasteiger partial charge < -0.3 is 14.4 Å². The summed E-state index contributed by atoms with van der Waals surface area (Å²) in [4.78, 5) is 21.9. The number of likely N-dealkylation sites (tertiary alicyclic amines) is 1. The molecule has 0 unspecified atom stereocenters. The van der Waals surface area contributed by atoms with Crippen LogP contribution in [0.4, 0.5) is 4.79 Å². The lowest BCUT2D eigenvalue weighted by Gasteiger charge is -2.34. The van der Waals surface area contributed by atoms with Gasteiger partial charge in [-0.2, -0.15) is 0 Å². The monoisotopic (exact) mass is 369 g/mol. The summed E-state index contributed by atoms with van der Waals surface area (Å²) < 4.78 is 11.1. The van der Waals surface area contributed by atoms with Crippen molar-refractivity contribution in [1.82, 2.24) is 14.9 Å². The van der Waals surface area contributed by atoms with Crippen LogP contribution in [0.3, 0.4) is 0 Å². The Kier molecular flexibility index (Phi) is 7.44. The van der Waals surface area contributed by atoms with Crippen molar-refractivity contribution < 1.29 is 14.3 Å². The minimum Gasteiger partial charge on any atom is -0.444 e. The first-order chi connectivity index (χ1) is 11.8. The Morgan fingerprint density at radius 1 is 1.44 bits per heavy atom.